The molecule has 1 saturated heterocycles. The van der Waals surface area contributed by atoms with E-state index in [0.29, 0.717) is 18.5 Å². The Kier molecular flexibility index (Phi) is 4.52. The lowest BCUT2D eigenvalue weighted by Gasteiger charge is -2.19. The van der Waals surface area contributed by atoms with E-state index in [2.05, 4.69) is 39.0 Å². The van der Waals surface area contributed by atoms with Crippen molar-refractivity contribution in [1.82, 2.24) is 15.2 Å². The van der Waals surface area contributed by atoms with Gasteiger partial charge in [-0.3, -0.25) is 9.59 Å². The smallest absolute Gasteiger partial charge is 0.253 e. The van der Waals surface area contributed by atoms with E-state index in [-0.39, 0.29) is 24.4 Å². The third kappa shape index (κ3) is 3.17. The Morgan fingerprint density at radius 2 is 2.30 bits per heavy atom. The normalized spacial score (nSPS) is 17.2. The summed E-state index contributed by atoms with van der Waals surface area (Å²) in [4.78, 5) is 29.1. The highest BCUT2D eigenvalue weighted by Gasteiger charge is 2.28. The number of amides is 2. The summed E-state index contributed by atoms with van der Waals surface area (Å²) in [6.07, 6.45) is 3.19. The highest BCUT2D eigenvalue weighted by Crippen LogP contribution is 2.20. The second kappa shape index (κ2) is 6.58. The minimum absolute atomic E-state index is 0.0892. The zero-order chi connectivity index (χ0) is 16.4. The average Bonchev–Trinajstić information content (AvgIpc) is 3.18. The number of hydrogen-bond acceptors (Lipinski definition) is 3. The molecule has 2 amide bonds. The molecule has 118 valence electrons. The second-order valence-electron chi connectivity index (χ2n) is 5.45. The molecule has 3 rings (SSSR count). The number of nitrogens with one attached hydrogen (secondary N) is 2. The number of nitriles is 1. The van der Waals surface area contributed by atoms with Gasteiger partial charge in [-0.25, -0.2) is 0 Å². The number of hydrogen-bond donors (Lipinski definition) is 2. The lowest BCUT2D eigenvalue weighted by Crippen LogP contribution is -2.42. The molecule has 0 aliphatic carbocycles. The van der Waals surface area contributed by atoms with E-state index in [1.807, 2.05) is 18.2 Å². The van der Waals surface area contributed by atoms with Crippen LogP contribution >= 0.6 is 22.6 Å². The molecule has 2 N–H and O–H groups in total. The van der Waals surface area contributed by atoms with Crippen LogP contribution in [0.25, 0.3) is 10.9 Å². The van der Waals surface area contributed by atoms with Gasteiger partial charge >= 0.3 is 0 Å². The van der Waals surface area contributed by atoms with Crippen LogP contribution in [-0.2, 0) is 4.79 Å². The van der Waals surface area contributed by atoms with Gasteiger partial charge in [-0.1, -0.05) is 6.07 Å². The van der Waals surface area contributed by atoms with E-state index in [0.717, 1.165) is 20.9 Å². The number of benzene rings is 1. The van der Waals surface area contributed by atoms with Gasteiger partial charge in [-0.05, 0) is 47.6 Å². The van der Waals surface area contributed by atoms with Crippen LogP contribution in [-0.4, -0.2) is 40.8 Å². The largest absolute Gasteiger partial charge is 0.360 e. The topological polar surface area (TPSA) is 89.0 Å². The Labute approximate surface area is 147 Å². The third-order valence-electron chi connectivity index (χ3n) is 4.01. The molecular formula is C16H15IN4O2. The highest BCUT2D eigenvalue weighted by molar-refractivity contribution is 14.1. The molecule has 0 radical (unpaired) electrons. The van der Waals surface area contributed by atoms with E-state index in [9.17, 15) is 9.59 Å². The van der Waals surface area contributed by atoms with Crippen molar-refractivity contribution in [1.29, 1.82) is 5.26 Å². The molecule has 0 unspecified atom stereocenters. The third-order valence-corrected chi connectivity index (χ3v) is 4.68. The Morgan fingerprint density at radius 3 is 3.09 bits per heavy atom. The summed E-state index contributed by atoms with van der Waals surface area (Å²) < 4.78 is 1.08. The number of carbonyl (C=O) groups excluding carboxylic acids is 2. The number of likely N-dealkylation sites (tertiary alicyclic amines) is 1. The average molecular weight is 422 g/mol. The zero-order valence-corrected chi connectivity index (χ0v) is 14.5. The highest BCUT2D eigenvalue weighted by atomic mass is 127. The molecular weight excluding hydrogens is 407 g/mol. The first-order valence-corrected chi connectivity index (χ1v) is 8.42. The second-order valence-corrected chi connectivity index (χ2v) is 6.69. The molecule has 1 aromatic carbocycles. The molecule has 1 aliphatic heterocycles. The van der Waals surface area contributed by atoms with Crippen LogP contribution in [0.4, 0.5) is 0 Å². The maximum Gasteiger partial charge on any atom is 0.253 e. The summed E-state index contributed by atoms with van der Waals surface area (Å²) in [5.74, 6) is -0.504. The Hall–Kier alpha value is -2.08. The summed E-state index contributed by atoms with van der Waals surface area (Å²) in [5.41, 5.74) is 1.40. The summed E-state index contributed by atoms with van der Waals surface area (Å²) in [6, 6.07) is 7.53. The van der Waals surface area contributed by atoms with E-state index in [1.165, 1.54) is 4.90 Å². The molecule has 0 spiro atoms. The molecule has 1 aromatic heterocycles. The van der Waals surface area contributed by atoms with Gasteiger partial charge in [-0.15, -0.1) is 0 Å². The molecule has 2 aromatic rings. The first-order chi connectivity index (χ1) is 11.1. The number of aromatic nitrogens is 1. The Bertz CT molecular complexity index is 808. The van der Waals surface area contributed by atoms with Crippen molar-refractivity contribution in [3.63, 3.8) is 0 Å². The predicted molar refractivity (Wildman–Crippen MR) is 93.7 cm³/mol. The van der Waals surface area contributed by atoms with Crippen LogP contribution in [0.1, 0.15) is 23.2 Å². The van der Waals surface area contributed by atoms with Gasteiger partial charge in [0.25, 0.3) is 5.91 Å². The summed E-state index contributed by atoms with van der Waals surface area (Å²) in [7, 11) is 0. The van der Waals surface area contributed by atoms with Crippen molar-refractivity contribution >= 4 is 45.3 Å². The lowest BCUT2D eigenvalue weighted by molar-refractivity contribution is -0.130. The van der Waals surface area contributed by atoms with Gasteiger partial charge in [0.15, 0.2) is 0 Å². The number of nitrogens with zero attached hydrogens (tertiary/aromatic N) is 2. The molecule has 1 aliphatic rings. The molecule has 0 bridgehead atoms. The van der Waals surface area contributed by atoms with Crippen molar-refractivity contribution in [2.75, 3.05) is 13.1 Å². The minimum Gasteiger partial charge on any atom is -0.360 e. The van der Waals surface area contributed by atoms with Crippen molar-refractivity contribution in [3.8, 4) is 6.07 Å². The summed E-state index contributed by atoms with van der Waals surface area (Å²) in [5, 5.41) is 12.5. The van der Waals surface area contributed by atoms with Crippen LogP contribution in [0, 0.1) is 14.9 Å². The van der Waals surface area contributed by atoms with Crippen LogP contribution in [0.5, 0.6) is 0 Å². The quantitative estimate of drug-likeness (QED) is 0.742. The van der Waals surface area contributed by atoms with Gasteiger partial charge in [0.05, 0.1) is 18.2 Å². The monoisotopic (exact) mass is 422 g/mol. The fourth-order valence-corrected chi connectivity index (χ4v) is 3.33. The molecule has 6 nitrogen and oxygen atoms in total. The lowest BCUT2D eigenvalue weighted by atomic mass is 10.1. The summed E-state index contributed by atoms with van der Waals surface area (Å²) >= 11 is 2.21. The fourth-order valence-electron chi connectivity index (χ4n) is 2.84. The standard InChI is InChI=1S/C16H15IN4O2/c17-10-3-4-12-13(8-19-14(12)6-10)16(23)20-9-15(22)21-5-1-2-11(21)7-18/h3-4,6,8,11,19H,1-2,5,9H2,(H,20,23)/t11-/m0/s1. The van der Waals surface area contributed by atoms with Crippen LogP contribution < -0.4 is 5.32 Å². The molecule has 23 heavy (non-hydrogen) atoms. The number of aromatic amines is 1. The Balaban J connectivity index is 1.67. The maximum absolute atomic E-state index is 12.3. The van der Waals surface area contributed by atoms with Crippen LogP contribution in [0.15, 0.2) is 24.4 Å². The van der Waals surface area contributed by atoms with Crippen molar-refractivity contribution in [2.24, 2.45) is 0 Å². The van der Waals surface area contributed by atoms with Crippen molar-refractivity contribution in [3.05, 3.63) is 33.5 Å². The maximum atomic E-state index is 12.3. The van der Waals surface area contributed by atoms with E-state index in [4.69, 9.17) is 5.26 Å². The fraction of sp³-hybridized carbons (Fsp3) is 0.312. The molecule has 2 heterocycles. The van der Waals surface area contributed by atoms with Gasteiger partial charge in [-0.2, -0.15) is 5.26 Å². The SMILES string of the molecule is N#C[C@@H]1CCCN1C(=O)CNC(=O)c1c[nH]c2cc(I)ccc12. The molecule has 0 saturated carbocycles. The van der Waals surface area contributed by atoms with E-state index >= 15 is 0 Å². The molecule has 1 atom stereocenters. The van der Waals surface area contributed by atoms with Crippen LogP contribution in [0.3, 0.4) is 0 Å². The van der Waals surface area contributed by atoms with Crippen molar-refractivity contribution in [2.45, 2.75) is 18.9 Å². The number of rotatable bonds is 3. The first-order valence-electron chi connectivity index (χ1n) is 7.34. The molecule has 1 fully saturated rings. The van der Waals surface area contributed by atoms with Gasteiger partial charge in [0, 0.05) is 27.2 Å². The number of halogens is 1. The zero-order valence-electron chi connectivity index (χ0n) is 12.3. The molecule has 7 heteroatoms. The minimum atomic E-state index is -0.366. The van der Waals surface area contributed by atoms with Gasteiger partial charge in [0.2, 0.25) is 5.91 Å². The van der Waals surface area contributed by atoms with E-state index < -0.39 is 0 Å². The predicted octanol–water partition coefficient (Wildman–Crippen LogP) is 2.02. The van der Waals surface area contributed by atoms with Gasteiger partial charge < -0.3 is 15.2 Å². The van der Waals surface area contributed by atoms with Crippen molar-refractivity contribution < 1.29 is 9.59 Å². The van der Waals surface area contributed by atoms with E-state index in [1.54, 1.807) is 6.20 Å². The number of fused-ring (bicyclic) bond motifs is 1. The van der Waals surface area contributed by atoms with Gasteiger partial charge in [0.1, 0.15) is 6.04 Å². The Morgan fingerprint density at radius 1 is 1.48 bits per heavy atom. The summed E-state index contributed by atoms with van der Waals surface area (Å²) in [6.45, 7) is 0.493. The number of carbonyl (C=O) groups is 2. The van der Waals surface area contributed by atoms with Crippen LogP contribution in [0.2, 0.25) is 0 Å². The first kappa shape index (κ1) is 15.8. The number of H-pyrrole nitrogens is 1.